The molecule has 10 heteroatoms. The minimum Gasteiger partial charge on any atom is -0.278 e. The molecule has 0 spiro atoms. The third-order valence-electron chi connectivity index (χ3n) is 3.82. The molecular weight excluding hydrogens is 453 g/mol. The number of amides is 1. The Balaban J connectivity index is 1.83. The zero-order valence-electron chi connectivity index (χ0n) is 15.0. The first-order valence-corrected chi connectivity index (χ1v) is 11.4. The largest absolute Gasteiger partial charge is 0.278 e. The Morgan fingerprint density at radius 2 is 1.79 bits per heavy atom. The van der Waals surface area contributed by atoms with Crippen LogP contribution in [0.5, 0.6) is 0 Å². The van der Waals surface area contributed by atoms with Gasteiger partial charge in [-0.15, -0.1) is 11.3 Å². The first kappa shape index (κ1) is 21.3. The van der Waals surface area contributed by atoms with Crippen LogP contribution in [-0.4, -0.2) is 20.0 Å². The highest BCUT2D eigenvalue weighted by Crippen LogP contribution is 2.23. The van der Waals surface area contributed by atoms with Gasteiger partial charge in [0.1, 0.15) is 4.21 Å². The average molecular weight is 468 g/mol. The van der Waals surface area contributed by atoms with Crippen molar-refractivity contribution in [3.63, 3.8) is 0 Å². The van der Waals surface area contributed by atoms with E-state index in [1.54, 1.807) is 48.7 Å². The van der Waals surface area contributed by atoms with E-state index in [1.165, 1.54) is 18.2 Å². The highest BCUT2D eigenvalue weighted by Gasteiger charge is 2.19. The van der Waals surface area contributed by atoms with Crippen molar-refractivity contribution in [1.29, 1.82) is 0 Å². The Labute approximate surface area is 182 Å². The van der Waals surface area contributed by atoms with Gasteiger partial charge in [0.05, 0.1) is 17.0 Å². The molecule has 0 saturated carbocycles. The predicted octanol–water partition coefficient (Wildman–Crippen LogP) is 5.01. The number of para-hydroxylation sites is 1. The highest BCUT2D eigenvalue weighted by molar-refractivity contribution is 7.94. The van der Waals surface area contributed by atoms with Crippen LogP contribution in [-0.2, 0) is 10.0 Å². The quantitative estimate of drug-likeness (QED) is 0.394. The lowest BCUT2D eigenvalue weighted by molar-refractivity contribution is 0.0955. The second-order valence-corrected chi connectivity index (χ2v) is 9.55. The molecule has 0 bridgehead atoms. The summed E-state index contributed by atoms with van der Waals surface area (Å²) < 4.78 is 27.5. The summed E-state index contributed by atoms with van der Waals surface area (Å²) in [4.78, 5) is 12.6. The van der Waals surface area contributed by atoms with Gasteiger partial charge >= 0.3 is 0 Å². The molecule has 2 aromatic carbocycles. The fourth-order valence-corrected chi connectivity index (χ4v) is 4.91. The lowest BCUT2D eigenvalue weighted by atomic mass is 10.1. The third kappa shape index (κ3) is 5.16. The maximum Gasteiger partial charge on any atom is 0.273 e. The van der Waals surface area contributed by atoms with Crippen molar-refractivity contribution in [2.24, 2.45) is 5.10 Å². The molecule has 1 amide bonds. The maximum atomic E-state index is 12.6. The number of sulfonamides is 1. The number of hydrogen-bond donors (Lipinski definition) is 2. The van der Waals surface area contributed by atoms with Crippen molar-refractivity contribution in [3.8, 4) is 0 Å². The molecule has 0 aliphatic carbocycles. The number of carbonyl (C=O) groups is 1. The standard InChI is InChI=1S/C19H15Cl2N3O3S2/c1-12(15-11-13(20)8-9-16(15)21)22-23-19(25)14-5-2-3-6-17(14)24-29(26,27)18-7-4-10-28-18/h2-11,24H,1H3,(H,23,25). The summed E-state index contributed by atoms with van der Waals surface area (Å²) in [6.45, 7) is 1.67. The normalized spacial score (nSPS) is 11.9. The smallest absolute Gasteiger partial charge is 0.273 e. The number of hydrogen-bond acceptors (Lipinski definition) is 5. The molecule has 0 aliphatic heterocycles. The van der Waals surface area contributed by atoms with Crippen LogP contribution < -0.4 is 10.1 Å². The number of rotatable bonds is 6. The van der Waals surface area contributed by atoms with Gasteiger partial charge in [-0.1, -0.05) is 41.4 Å². The molecule has 3 rings (SSSR count). The van der Waals surface area contributed by atoms with Crippen LogP contribution in [0.2, 0.25) is 10.0 Å². The highest BCUT2D eigenvalue weighted by atomic mass is 35.5. The second kappa shape index (κ2) is 8.96. The molecule has 0 unspecified atom stereocenters. The van der Waals surface area contributed by atoms with E-state index in [1.807, 2.05) is 0 Å². The average Bonchev–Trinajstić information content (AvgIpc) is 3.24. The van der Waals surface area contributed by atoms with E-state index in [2.05, 4.69) is 15.2 Å². The molecule has 0 fully saturated rings. The molecule has 29 heavy (non-hydrogen) atoms. The van der Waals surface area contributed by atoms with Gasteiger partial charge in [-0.2, -0.15) is 5.10 Å². The summed E-state index contributed by atoms with van der Waals surface area (Å²) in [6, 6.07) is 14.3. The third-order valence-corrected chi connectivity index (χ3v) is 7.15. The molecule has 1 heterocycles. The van der Waals surface area contributed by atoms with Crippen molar-refractivity contribution in [2.75, 3.05) is 4.72 Å². The maximum absolute atomic E-state index is 12.6. The molecule has 0 radical (unpaired) electrons. The minimum absolute atomic E-state index is 0.126. The topological polar surface area (TPSA) is 87.6 Å². The second-order valence-electron chi connectivity index (χ2n) is 5.85. The number of anilines is 1. The molecular formula is C19H15Cl2N3O3S2. The van der Waals surface area contributed by atoms with Crippen molar-refractivity contribution in [2.45, 2.75) is 11.1 Å². The van der Waals surface area contributed by atoms with Crippen LogP contribution >= 0.6 is 34.5 Å². The van der Waals surface area contributed by atoms with Crippen LogP contribution in [0.25, 0.3) is 0 Å². The Morgan fingerprint density at radius 3 is 2.52 bits per heavy atom. The fourth-order valence-electron chi connectivity index (χ4n) is 2.41. The Morgan fingerprint density at radius 1 is 1.03 bits per heavy atom. The van der Waals surface area contributed by atoms with Crippen LogP contribution in [0.4, 0.5) is 5.69 Å². The Bertz CT molecular complexity index is 1180. The monoisotopic (exact) mass is 467 g/mol. The first-order valence-electron chi connectivity index (χ1n) is 8.23. The number of carbonyl (C=O) groups excluding carboxylic acids is 1. The van der Waals surface area contributed by atoms with Crippen molar-refractivity contribution in [3.05, 3.63) is 81.1 Å². The van der Waals surface area contributed by atoms with E-state index in [4.69, 9.17) is 23.2 Å². The van der Waals surface area contributed by atoms with Crippen LogP contribution in [0.15, 0.2) is 69.3 Å². The molecule has 150 valence electrons. The summed E-state index contributed by atoms with van der Waals surface area (Å²) >= 11 is 13.2. The Hall–Kier alpha value is -2.39. The van der Waals surface area contributed by atoms with Gasteiger partial charge in [0, 0.05) is 15.6 Å². The van der Waals surface area contributed by atoms with Gasteiger partial charge in [-0.3, -0.25) is 9.52 Å². The fraction of sp³-hybridized carbons (Fsp3) is 0.0526. The van der Waals surface area contributed by atoms with E-state index in [0.717, 1.165) is 11.3 Å². The number of thiophene rings is 1. The first-order chi connectivity index (χ1) is 13.8. The summed E-state index contributed by atoms with van der Waals surface area (Å²) in [6.07, 6.45) is 0. The summed E-state index contributed by atoms with van der Waals surface area (Å²) in [5.74, 6) is -0.577. The van der Waals surface area contributed by atoms with Crippen LogP contribution in [0, 0.1) is 0 Å². The van der Waals surface area contributed by atoms with Gasteiger partial charge in [0.2, 0.25) is 0 Å². The van der Waals surface area contributed by atoms with Gasteiger partial charge in [-0.25, -0.2) is 13.8 Å². The molecule has 0 atom stereocenters. The number of hydrazone groups is 1. The summed E-state index contributed by atoms with van der Waals surface area (Å²) in [7, 11) is -3.79. The van der Waals surface area contributed by atoms with Gasteiger partial charge < -0.3 is 0 Å². The lowest BCUT2D eigenvalue weighted by Crippen LogP contribution is -2.22. The number of halogens is 2. The molecule has 0 saturated heterocycles. The van der Waals surface area contributed by atoms with Crippen LogP contribution in [0.3, 0.4) is 0 Å². The predicted molar refractivity (Wildman–Crippen MR) is 118 cm³/mol. The number of benzene rings is 2. The van der Waals surface area contributed by atoms with Gasteiger partial charge in [0.15, 0.2) is 0 Å². The van der Waals surface area contributed by atoms with Gasteiger partial charge in [-0.05, 0) is 48.7 Å². The van der Waals surface area contributed by atoms with Gasteiger partial charge in [0.25, 0.3) is 15.9 Å². The number of nitrogens with one attached hydrogen (secondary N) is 2. The SMILES string of the molecule is CC(=NNC(=O)c1ccccc1NS(=O)(=O)c1cccs1)c1cc(Cl)ccc1Cl. The van der Waals surface area contributed by atoms with E-state index in [0.29, 0.717) is 21.3 Å². The van der Waals surface area contributed by atoms with E-state index < -0.39 is 15.9 Å². The van der Waals surface area contributed by atoms with E-state index >= 15 is 0 Å². The zero-order valence-corrected chi connectivity index (χ0v) is 18.2. The number of nitrogens with zero attached hydrogens (tertiary/aromatic N) is 1. The van der Waals surface area contributed by atoms with Crippen molar-refractivity contribution < 1.29 is 13.2 Å². The van der Waals surface area contributed by atoms with E-state index in [-0.39, 0.29) is 15.5 Å². The molecule has 6 nitrogen and oxygen atoms in total. The lowest BCUT2D eigenvalue weighted by Gasteiger charge is -2.11. The molecule has 3 aromatic rings. The minimum atomic E-state index is -3.79. The van der Waals surface area contributed by atoms with Crippen molar-refractivity contribution >= 4 is 61.9 Å². The van der Waals surface area contributed by atoms with E-state index in [9.17, 15) is 13.2 Å². The molecule has 1 aromatic heterocycles. The zero-order chi connectivity index (χ0) is 21.0. The Kier molecular flexibility index (Phi) is 6.59. The van der Waals surface area contributed by atoms with Crippen LogP contribution in [0.1, 0.15) is 22.8 Å². The molecule has 2 N–H and O–H groups in total. The summed E-state index contributed by atoms with van der Waals surface area (Å²) in [5.41, 5.74) is 3.71. The summed E-state index contributed by atoms with van der Waals surface area (Å²) in [5, 5.41) is 6.64. The van der Waals surface area contributed by atoms with Crippen molar-refractivity contribution in [1.82, 2.24) is 5.43 Å². The molecule has 0 aliphatic rings.